The monoisotopic (exact) mass is 749 g/mol. The Labute approximate surface area is 314 Å². The van der Waals surface area contributed by atoms with Crippen LogP contribution in [-0.4, -0.2) is 30.4 Å². The molecule has 268 valence electrons. The van der Waals surface area contributed by atoms with Crippen LogP contribution in [0.3, 0.4) is 0 Å². The summed E-state index contributed by atoms with van der Waals surface area (Å²) in [5.74, 6) is -0.442. The topological polar surface area (TPSA) is 98.4 Å². The van der Waals surface area contributed by atoms with Crippen LogP contribution < -0.4 is 15.4 Å². The second-order valence-corrected chi connectivity index (χ2v) is 14.7. The Balaban J connectivity index is 1.07. The number of urea groups is 1. The predicted octanol–water partition coefficient (Wildman–Crippen LogP) is 9.86. The number of hydrogen-bond acceptors (Lipinski definition) is 6. The maximum Gasteiger partial charge on any atom is 0.320 e. The highest BCUT2D eigenvalue weighted by Gasteiger charge is 2.22. The fourth-order valence-electron chi connectivity index (χ4n) is 5.48. The molecule has 0 aliphatic heterocycles. The van der Waals surface area contributed by atoms with E-state index in [0.717, 1.165) is 33.1 Å². The number of aromatic nitrogens is 5. The van der Waals surface area contributed by atoms with Gasteiger partial charge in [-0.3, -0.25) is 9.72 Å². The summed E-state index contributed by atoms with van der Waals surface area (Å²) in [6, 6.07) is 31.7. The van der Waals surface area contributed by atoms with Gasteiger partial charge in [-0.2, -0.15) is 5.10 Å². The summed E-state index contributed by atoms with van der Waals surface area (Å²) in [6.07, 6.45) is 1.95. The number of hydrogen-bond donors (Lipinski definition) is 2. The Bertz CT molecular complexity index is 2430. The van der Waals surface area contributed by atoms with E-state index >= 15 is 0 Å². The van der Waals surface area contributed by atoms with E-state index in [2.05, 4.69) is 25.9 Å². The van der Waals surface area contributed by atoms with Crippen molar-refractivity contribution in [2.24, 2.45) is 0 Å². The van der Waals surface area contributed by atoms with Crippen LogP contribution in [0.4, 0.5) is 19.4 Å². The first-order valence-corrected chi connectivity index (χ1v) is 17.9. The number of fused-ring (bicyclic) bond motifs is 1. The van der Waals surface area contributed by atoms with Crippen molar-refractivity contribution >= 4 is 40.9 Å². The van der Waals surface area contributed by atoms with Crippen molar-refractivity contribution in [2.45, 2.75) is 49.1 Å². The molecular weight excluding hydrogens is 716 g/mol. The molecule has 0 bridgehead atoms. The molecular formula is C40H34ClF2N7O2S. The van der Waals surface area contributed by atoms with Gasteiger partial charge in [-0.05, 0) is 59.7 Å². The first kappa shape index (κ1) is 35.7. The van der Waals surface area contributed by atoms with Crippen molar-refractivity contribution < 1.29 is 18.3 Å². The Morgan fingerprint density at radius 3 is 2.47 bits per heavy atom. The Morgan fingerprint density at radius 2 is 1.68 bits per heavy atom. The highest BCUT2D eigenvalue weighted by molar-refractivity contribution is 7.99. The van der Waals surface area contributed by atoms with Gasteiger partial charge in [0.2, 0.25) is 0 Å². The number of nitrogens with zero attached hydrogens (tertiary/aromatic N) is 5. The molecule has 0 aliphatic carbocycles. The summed E-state index contributed by atoms with van der Waals surface area (Å²) >= 11 is 8.19. The van der Waals surface area contributed by atoms with E-state index in [1.807, 2.05) is 110 Å². The van der Waals surface area contributed by atoms with E-state index < -0.39 is 17.7 Å². The van der Waals surface area contributed by atoms with Gasteiger partial charge in [0.25, 0.3) is 0 Å². The number of carbonyl (C=O) groups is 1. The molecule has 9 nitrogen and oxygen atoms in total. The van der Waals surface area contributed by atoms with Gasteiger partial charge < -0.3 is 10.1 Å². The Hall–Kier alpha value is -5.72. The standard InChI is InChI=1S/C40H34ClF2N7O2S/c1-40(2,3)35-21-37(50(48-35)27-13-17-32(42)33(43)19-27)45-39(51)44-22-26-11-7-8-12-34(26)53-29-15-18-36-46-47-38(49(36)23-29)30-20-28(14-16-31(30)41)52-24-25-9-5-4-6-10-25/h4-21,23H,22,24H2,1-3H3,(H2,44,45,51). The maximum atomic E-state index is 14.1. The lowest BCUT2D eigenvalue weighted by Gasteiger charge is -2.14. The molecule has 53 heavy (non-hydrogen) atoms. The average molecular weight is 750 g/mol. The van der Waals surface area contributed by atoms with E-state index in [1.54, 1.807) is 12.1 Å². The van der Waals surface area contributed by atoms with Gasteiger partial charge in [-0.1, -0.05) is 92.7 Å². The molecule has 3 aromatic heterocycles. The van der Waals surface area contributed by atoms with Crippen molar-refractivity contribution in [1.29, 1.82) is 0 Å². The molecule has 2 amide bonds. The van der Waals surface area contributed by atoms with Crippen molar-refractivity contribution in [2.75, 3.05) is 5.32 Å². The van der Waals surface area contributed by atoms with Crippen molar-refractivity contribution in [3.63, 3.8) is 0 Å². The molecule has 13 heteroatoms. The molecule has 0 fully saturated rings. The first-order valence-electron chi connectivity index (χ1n) is 16.7. The Morgan fingerprint density at radius 1 is 0.887 bits per heavy atom. The number of amides is 2. The van der Waals surface area contributed by atoms with Gasteiger partial charge in [0.05, 0.1) is 16.4 Å². The zero-order chi connectivity index (χ0) is 37.1. The molecule has 0 saturated carbocycles. The van der Waals surface area contributed by atoms with Gasteiger partial charge >= 0.3 is 6.03 Å². The molecule has 0 saturated heterocycles. The predicted molar refractivity (Wildman–Crippen MR) is 203 cm³/mol. The van der Waals surface area contributed by atoms with E-state index in [-0.39, 0.29) is 17.6 Å². The molecule has 4 aromatic carbocycles. The van der Waals surface area contributed by atoms with Crippen LogP contribution in [0.2, 0.25) is 5.02 Å². The lowest BCUT2D eigenvalue weighted by atomic mass is 9.92. The summed E-state index contributed by atoms with van der Waals surface area (Å²) in [7, 11) is 0. The van der Waals surface area contributed by atoms with E-state index in [9.17, 15) is 13.6 Å². The molecule has 2 N–H and O–H groups in total. The highest BCUT2D eigenvalue weighted by atomic mass is 35.5. The van der Waals surface area contributed by atoms with Crippen LogP contribution in [0.1, 0.15) is 37.6 Å². The van der Waals surface area contributed by atoms with Crippen molar-refractivity contribution in [1.82, 2.24) is 29.7 Å². The van der Waals surface area contributed by atoms with Crippen LogP contribution in [0.15, 0.2) is 125 Å². The smallest absolute Gasteiger partial charge is 0.320 e. The third-order valence-corrected chi connectivity index (χ3v) is 9.73. The van der Waals surface area contributed by atoms with E-state index in [0.29, 0.717) is 45.9 Å². The molecule has 7 aromatic rings. The lowest BCUT2D eigenvalue weighted by Crippen LogP contribution is -2.29. The lowest BCUT2D eigenvalue weighted by molar-refractivity contribution is 0.251. The number of nitrogens with one attached hydrogen (secondary N) is 2. The number of anilines is 1. The molecule has 0 unspecified atom stereocenters. The van der Waals surface area contributed by atoms with Crippen LogP contribution in [0.25, 0.3) is 22.7 Å². The van der Waals surface area contributed by atoms with Crippen molar-refractivity contribution in [3.05, 3.63) is 149 Å². The summed E-state index contributed by atoms with van der Waals surface area (Å²) in [5.41, 5.74) is 3.85. The molecule has 0 radical (unpaired) electrons. The highest BCUT2D eigenvalue weighted by Crippen LogP contribution is 2.34. The van der Waals surface area contributed by atoms with Crippen LogP contribution >= 0.6 is 23.4 Å². The third-order valence-electron chi connectivity index (χ3n) is 8.31. The molecule has 0 spiro atoms. The average Bonchev–Trinajstić information content (AvgIpc) is 3.77. The summed E-state index contributed by atoms with van der Waals surface area (Å²) in [4.78, 5) is 15.1. The zero-order valence-corrected chi connectivity index (χ0v) is 30.6. The minimum Gasteiger partial charge on any atom is -0.489 e. The maximum absolute atomic E-state index is 14.1. The second-order valence-electron chi connectivity index (χ2n) is 13.2. The van der Waals surface area contributed by atoms with Crippen molar-refractivity contribution in [3.8, 4) is 22.8 Å². The van der Waals surface area contributed by atoms with Gasteiger partial charge in [-0.15, -0.1) is 10.2 Å². The number of benzene rings is 4. The van der Waals surface area contributed by atoms with Gasteiger partial charge in [0.1, 0.15) is 18.2 Å². The minimum atomic E-state index is -1.01. The quantitative estimate of drug-likeness (QED) is 0.145. The largest absolute Gasteiger partial charge is 0.489 e. The Kier molecular flexibility index (Phi) is 10.2. The van der Waals surface area contributed by atoms with Crippen LogP contribution in [-0.2, 0) is 18.6 Å². The van der Waals surface area contributed by atoms with Crippen LogP contribution in [0.5, 0.6) is 5.75 Å². The number of rotatable bonds is 10. The zero-order valence-electron chi connectivity index (χ0n) is 29.0. The number of halogens is 3. The minimum absolute atomic E-state index is 0.214. The fourth-order valence-corrected chi connectivity index (χ4v) is 6.65. The van der Waals surface area contributed by atoms with E-state index in [1.165, 1.54) is 22.5 Å². The van der Waals surface area contributed by atoms with Gasteiger partial charge in [0, 0.05) is 45.6 Å². The summed E-state index contributed by atoms with van der Waals surface area (Å²) in [5, 5.41) is 19.7. The molecule has 0 aliphatic rings. The first-order chi connectivity index (χ1) is 25.5. The summed E-state index contributed by atoms with van der Waals surface area (Å²) < 4.78 is 37.2. The van der Waals surface area contributed by atoms with Crippen LogP contribution in [0, 0.1) is 11.6 Å². The third kappa shape index (κ3) is 8.19. The van der Waals surface area contributed by atoms with E-state index in [4.69, 9.17) is 16.3 Å². The SMILES string of the molecule is CC(C)(C)c1cc(NC(=O)NCc2ccccc2Sc2ccc3nnc(-c4cc(OCc5ccccc5)ccc4Cl)n3c2)n(-c2ccc(F)c(F)c2)n1. The fraction of sp³-hybridized carbons (Fsp3) is 0.150. The normalized spacial score (nSPS) is 11.5. The summed E-state index contributed by atoms with van der Waals surface area (Å²) in [6.45, 7) is 6.55. The second kappa shape index (κ2) is 15.1. The molecule has 7 rings (SSSR count). The van der Waals surface area contributed by atoms with Gasteiger partial charge in [0.15, 0.2) is 23.1 Å². The van der Waals surface area contributed by atoms with Gasteiger partial charge in [-0.25, -0.2) is 18.3 Å². The number of pyridine rings is 1. The molecule has 0 atom stereocenters. The number of carbonyl (C=O) groups excluding carboxylic acids is 1. The number of ether oxygens (including phenoxy) is 1. The molecule has 3 heterocycles.